The molecule has 10 heteroatoms. The van der Waals surface area contributed by atoms with Gasteiger partial charge in [-0.25, -0.2) is 13.2 Å². The molecule has 110 valence electrons. The standard InChI is InChI=1S/C10H15N5O3S2/c1-20(17,18)7-8(11)13-19-9(7)14-2-3-15-6(5-14)4-12-10(15)16/h6H,2-5H2,1H3,(H2,11,13)(H,12,16). The lowest BCUT2D eigenvalue weighted by Gasteiger charge is -2.37. The average Bonchev–Trinajstić information content (AvgIpc) is 2.92. The minimum Gasteiger partial charge on any atom is -0.382 e. The highest BCUT2D eigenvalue weighted by molar-refractivity contribution is 7.91. The van der Waals surface area contributed by atoms with Crippen molar-refractivity contribution in [2.24, 2.45) is 0 Å². The van der Waals surface area contributed by atoms with Gasteiger partial charge in [0.15, 0.2) is 15.7 Å². The molecule has 2 amide bonds. The van der Waals surface area contributed by atoms with Gasteiger partial charge in [-0.2, -0.15) is 4.37 Å². The van der Waals surface area contributed by atoms with E-state index in [9.17, 15) is 13.2 Å². The van der Waals surface area contributed by atoms with Gasteiger partial charge >= 0.3 is 6.03 Å². The van der Waals surface area contributed by atoms with E-state index in [-0.39, 0.29) is 22.8 Å². The van der Waals surface area contributed by atoms with E-state index >= 15 is 0 Å². The molecule has 1 aromatic heterocycles. The molecule has 0 radical (unpaired) electrons. The molecule has 8 nitrogen and oxygen atoms in total. The molecule has 2 aliphatic rings. The Morgan fingerprint density at radius 3 is 2.90 bits per heavy atom. The van der Waals surface area contributed by atoms with Crippen molar-refractivity contribution in [3.05, 3.63) is 0 Å². The molecular weight excluding hydrogens is 302 g/mol. The second-order valence-corrected chi connectivity index (χ2v) is 7.66. The SMILES string of the molecule is CS(=O)(=O)c1c(N)nsc1N1CCN2C(=O)NCC2C1. The number of amides is 2. The molecule has 3 heterocycles. The fourth-order valence-electron chi connectivity index (χ4n) is 2.62. The molecule has 0 aliphatic carbocycles. The maximum Gasteiger partial charge on any atom is 0.317 e. The third-order valence-corrected chi connectivity index (χ3v) is 5.74. The summed E-state index contributed by atoms with van der Waals surface area (Å²) >= 11 is 1.09. The maximum absolute atomic E-state index is 11.8. The zero-order valence-electron chi connectivity index (χ0n) is 10.9. The fraction of sp³-hybridized carbons (Fsp3) is 0.600. The van der Waals surface area contributed by atoms with E-state index in [4.69, 9.17) is 5.73 Å². The zero-order valence-corrected chi connectivity index (χ0v) is 12.5. The van der Waals surface area contributed by atoms with Crippen LogP contribution < -0.4 is 16.0 Å². The number of nitrogen functional groups attached to an aromatic ring is 1. The highest BCUT2D eigenvalue weighted by atomic mass is 32.2. The lowest BCUT2D eigenvalue weighted by molar-refractivity contribution is 0.198. The van der Waals surface area contributed by atoms with Crippen molar-refractivity contribution in [2.45, 2.75) is 10.9 Å². The number of sulfone groups is 1. The van der Waals surface area contributed by atoms with Crippen molar-refractivity contribution in [2.75, 3.05) is 43.1 Å². The molecule has 2 fully saturated rings. The number of piperazine rings is 1. The number of urea groups is 1. The molecular formula is C10H15N5O3S2. The molecule has 0 saturated carbocycles. The maximum atomic E-state index is 11.8. The summed E-state index contributed by atoms with van der Waals surface area (Å²) < 4.78 is 27.6. The number of anilines is 2. The fourth-order valence-corrected chi connectivity index (χ4v) is 4.86. The number of hydrogen-bond acceptors (Lipinski definition) is 7. The molecule has 1 unspecified atom stereocenters. The number of nitrogens with one attached hydrogen (secondary N) is 1. The predicted octanol–water partition coefficient (Wildman–Crippen LogP) is -0.657. The van der Waals surface area contributed by atoms with Gasteiger partial charge in [0.2, 0.25) is 0 Å². The van der Waals surface area contributed by atoms with Gasteiger partial charge in [-0.05, 0) is 11.5 Å². The van der Waals surface area contributed by atoms with Crippen molar-refractivity contribution in [3.63, 3.8) is 0 Å². The third-order valence-electron chi connectivity index (χ3n) is 3.55. The normalized spacial score (nSPS) is 22.9. The minimum atomic E-state index is -3.42. The number of nitrogens with two attached hydrogens (primary N) is 1. The van der Waals surface area contributed by atoms with Gasteiger partial charge in [0, 0.05) is 32.4 Å². The molecule has 1 aromatic rings. The van der Waals surface area contributed by atoms with Crippen molar-refractivity contribution >= 4 is 38.2 Å². The largest absolute Gasteiger partial charge is 0.382 e. The van der Waals surface area contributed by atoms with Crippen molar-refractivity contribution < 1.29 is 13.2 Å². The van der Waals surface area contributed by atoms with Crippen LogP contribution in [0.3, 0.4) is 0 Å². The quantitative estimate of drug-likeness (QED) is 0.750. The Hall–Kier alpha value is -1.55. The molecule has 2 saturated heterocycles. The lowest BCUT2D eigenvalue weighted by Crippen LogP contribution is -2.52. The topological polar surface area (TPSA) is 109 Å². The zero-order chi connectivity index (χ0) is 14.5. The van der Waals surface area contributed by atoms with Crippen LogP contribution in [0, 0.1) is 0 Å². The van der Waals surface area contributed by atoms with Crippen molar-refractivity contribution in [3.8, 4) is 0 Å². The van der Waals surface area contributed by atoms with Gasteiger partial charge in [0.1, 0.15) is 9.90 Å². The van der Waals surface area contributed by atoms with Gasteiger partial charge in [-0.1, -0.05) is 0 Å². The van der Waals surface area contributed by atoms with Gasteiger partial charge in [0.25, 0.3) is 0 Å². The molecule has 1 atom stereocenters. The second-order valence-electron chi connectivity index (χ2n) is 4.95. The Morgan fingerprint density at radius 2 is 2.20 bits per heavy atom. The van der Waals surface area contributed by atoms with E-state index in [1.165, 1.54) is 0 Å². The van der Waals surface area contributed by atoms with E-state index in [1.807, 2.05) is 4.90 Å². The first kappa shape index (κ1) is 13.4. The molecule has 0 bridgehead atoms. The van der Waals surface area contributed by atoms with Crippen LogP contribution in [-0.4, -0.2) is 62.2 Å². The molecule has 3 rings (SSSR count). The Balaban J connectivity index is 1.90. The Kier molecular flexibility index (Phi) is 3.01. The van der Waals surface area contributed by atoms with E-state index in [2.05, 4.69) is 9.69 Å². The molecule has 0 spiro atoms. The minimum absolute atomic E-state index is 0.0514. The van der Waals surface area contributed by atoms with Crippen molar-refractivity contribution in [1.82, 2.24) is 14.6 Å². The molecule has 20 heavy (non-hydrogen) atoms. The monoisotopic (exact) mass is 317 g/mol. The summed E-state index contributed by atoms with van der Waals surface area (Å²) in [6.07, 6.45) is 1.13. The first-order valence-corrected chi connectivity index (χ1v) is 8.79. The van der Waals surface area contributed by atoms with Crippen LogP contribution >= 0.6 is 11.5 Å². The number of rotatable bonds is 2. The Morgan fingerprint density at radius 1 is 1.45 bits per heavy atom. The van der Waals surface area contributed by atoms with Crippen LogP contribution in [0.15, 0.2) is 4.90 Å². The Bertz CT molecular complexity index is 656. The van der Waals surface area contributed by atoms with E-state index in [0.29, 0.717) is 31.2 Å². The van der Waals surface area contributed by atoms with Crippen LogP contribution in [0.25, 0.3) is 0 Å². The molecule has 0 aromatic carbocycles. The summed E-state index contributed by atoms with van der Waals surface area (Å²) in [6, 6.07) is 0.00814. The van der Waals surface area contributed by atoms with Crippen LogP contribution in [0.2, 0.25) is 0 Å². The summed E-state index contributed by atoms with van der Waals surface area (Å²) in [4.78, 5) is 15.4. The predicted molar refractivity (Wildman–Crippen MR) is 75.7 cm³/mol. The summed E-state index contributed by atoms with van der Waals surface area (Å²) in [6.45, 7) is 2.31. The van der Waals surface area contributed by atoms with Gasteiger partial charge in [0.05, 0.1) is 6.04 Å². The van der Waals surface area contributed by atoms with Crippen LogP contribution in [0.5, 0.6) is 0 Å². The van der Waals surface area contributed by atoms with E-state index < -0.39 is 9.84 Å². The van der Waals surface area contributed by atoms with Gasteiger partial charge in [-0.15, -0.1) is 0 Å². The number of fused-ring (bicyclic) bond motifs is 1. The lowest BCUT2D eigenvalue weighted by atomic mass is 10.2. The average molecular weight is 317 g/mol. The van der Waals surface area contributed by atoms with E-state index in [0.717, 1.165) is 17.8 Å². The number of aromatic nitrogens is 1. The smallest absolute Gasteiger partial charge is 0.317 e. The van der Waals surface area contributed by atoms with Crippen LogP contribution in [0.4, 0.5) is 15.6 Å². The van der Waals surface area contributed by atoms with Crippen molar-refractivity contribution in [1.29, 1.82) is 0 Å². The Labute approximate surface area is 120 Å². The summed E-state index contributed by atoms with van der Waals surface area (Å²) in [5.41, 5.74) is 5.68. The van der Waals surface area contributed by atoms with Gasteiger partial charge in [-0.3, -0.25) is 0 Å². The van der Waals surface area contributed by atoms with E-state index in [1.54, 1.807) is 4.90 Å². The first-order chi connectivity index (χ1) is 9.38. The third kappa shape index (κ3) is 2.08. The first-order valence-electron chi connectivity index (χ1n) is 6.12. The van der Waals surface area contributed by atoms with Crippen LogP contribution in [-0.2, 0) is 9.84 Å². The second kappa shape index (κ2) is 4.48. The number of carbonyl (C=O) groups excluding carboxylic acids is 1. The highest BCUT2D eigenvalue weighted by Crippen LogP contribution is 2.35. The summed E-state index contributed by atoms with van der Waals surface area (Å²) in [7, 11) is -3.42. The number of hydrogen-bond donors (Lipinski definition) is 2. The molecule has 2 aliphatic heterocycles. The number of nitrogens with zero attached hydrogens (tertiary/aromatic N) is 3. The van der Waals surface area contributed by atoms with Gasteiger partial charge < -0.3 is 20.9 Å². The summed E-state index contributed by atoms with van der Waals surface area (Å²) in [5.74, 6) is 0.0514. The highest BCUT2D eigenvalue weighted by Gasteiger charge is 2.37. The van der Waals surface area contributed by atoms with Crippen LogP contribution in [0.1, 0.15) is 0 Å². The number of carbonyl (C=O) groups is 1. The molecule has 3 N–H and O–H groups in total. The summed E-state index contributed by atoms with van der Waals surface area (Å²) in [5, 5.41) is 3.36.